The lowest BCUT2D eigenvalue weighted by atomic mass is 9.75. The first-order chi connectivity index (χ1) is 8.50. The molecule has 1 saturated carbocycles. The van der Waals surface area contributed by atoms with Crippen molar-refractivity contribution in [2.24, 2.45) is 5.41 Å². The molecule has 1 fully saturated rings. The molecule has 0 heterocycles. The lowest BCUT2D eigenvalue weighted by Crippen LogP contribution is -2.31. The fourth-order valence-corrected chi connectivity index (χ4v) is 3.07. The van der Waals surface area contributed by atoms with Crippen LogP contribution in [-0.4, -0.2) is 13.2 Å². The van der Waals surface area contributed by atoms with Gasteiger partial charge in [0, 0.05) is 11.7 Å². The highest BCUT2D eigenvalue weighted by atomic mass is 35.5. The quantitative estimate of drug-likeness (QED) is 0.855. The zero-order chi connectivity index (χ0) is 13.2. The monoisotopic (exact) mass is 267 g/mol. The summed E-state index contributed by atoms with van der Waals surface area (Å²) in [6.45, 7) is 4.70. The molecule has 1 N–H and O–H groups in total. The normalized spacial score (nSPS) is 22.6. The first-order valence-electron chi connectivity index (χ1n) is 6.60. The average molecular weight is 268 g/mol. The van der Waals surface area contributed by atoms with Crippen molar-refractivity contribution >= 4 is 17.3 Å². The van der Waals surface area contributed by atoms with Crippen LogP contribution in [0.5, 0.6) is 5.75 Å². The van der Waals surface area contributed by atoms with Gasteiger partial charge in [-0.15, -0.1) is 0 Å². The first-order valence-corrected chi connectivity index (χ1v) is 6.98. The molecule has 2 rings (SSSR count). The molecule has 0 bridgehead atoms. The van der Waals surface area contributed by atoms with Crippen LogP contribution in [0.3, 0.4) is 0 Å². The molecule has 1 aliphatic rings. The Kier molecular flexibility index (Phi) is 4.06. The van der Waals surface area contributed by atoms with E-state index < -0.39 is 0 Å². The summed E-state index contributed by atoms with van der Waals surface area (Å²) in [4.78, 5) is 0. The average Bonchev–Trinajstić information content (AvgIpc) is 2.28. The third-order valence-corrected chi connectivity index (χ3v) is 4.02. The van der Waals surface area contributed by atoms with Crippen LogP contribution in [-0.2, 0) is 0 Å². The maximum absolute atomic E-state index is 6.14. The van der Waals surface area contributed by atoms with Gasteiger partial charge in [0.15, 0.2) is 0 Å². The van der Waals surface area contributed by atoms with Gasteiger partial charge in [-0.3, -0.25) is 0 Å². The summed E-state index contributed by atoms with van der Waals surface area (Å²) in [7, 11) is 1.64. The van der Waals surface area contributed by atoms with E-state index in [4.69, 9.17) is 16.3 Å². The van der Waals surface area contributed by atoms with E-state index in [0.29, 0.717) is 16.5 Å². The van der Waals surface area contributed by atoms with Crippen molar-refractivity contribution in [3.8, 4) is 5.75 Å². The molecule has 0 saturated heterocycles. The zero-order valence-electron chi connectivity index (χ0n) is 11.4. The van der Waals surface area contributed by atoms with Crippen LogP contribution in [0, 0.1) is 5.41 Å². The van der Waals surface area contributed by atoms with Crippen LogP contribution in [0.1, 0.15) is 39.5 Å². The molecular formula is C15H22ClNO. The van der Waals surface area contributed by atoms with E-state index in [-0.39, 0.29) is 0 Å². The molecule has 2 nitrogen and oxygen atoms in total. The Hall–Kier alpha value is -0.890. The van der Waals surface area contributed by atoms with Gasteiger partial charge in [-0.2, -0.15) is 0 Å². The summed E-state index contributed by atoms with van der Waals surface area (Å²) in [5.41, 5.74) is 1.54. The molecule has 18 heavy (non-hydrogen) atoms. The largest absolute Gasteiger partial charge is 0.495 e. The van der Waals surface area contributed by atoms with E-state index in [1.165, 1.54) is 25.7 Å². The molecule has 1 atom stereocenters. The van der Waals surface area contributed by atoms with E-state index in [1.807, 2.05) is 18.2 Å². The number of halogens is 1. The molecule has 0 spiro atoms. The van der Waals surface area contributed by atoms with E-state index in [2.05, 4.69) is 19.2 Å². The highest BCUT2D eigenvalue weighted by molar-refractivity contribution is 6.32. The maximum Gasteiger partial charge on any atom is 0.137 e. The van der Waals surface area contributed by atoms with Gasteiger partial charge in [-0.05, 0) is 42.9 Å². The highest BCUT2D eigenvalue weighted by Gasteiger charge is 2.27. The van der Waals surface area contributed by atoms with Crippen molar-refractivity contribution in [2.45, 2.75) is 45.6 Å². The zero-order valence-corrected chi connectivity index (χ0v) is 12.2. The van der Waals surface area contributed by atoms with E-state index >= 15 is 0 Å². The Morgan fingerprint density at radius 3 is 2.78 bits per heavy atom. The van der Waals surface area contributed by atoms with Crippen molar-refractivity contribution in [1.29, 1.82) is 0 Å². The molecule has 1 aromatic carbocycles. The minimum Gasteiger partial charge on any atom is -0.495 e. The highest BCUT2D eigenvalue weighted by Crippen LogP contribution is 2.37. The molecule has 0 radical (unpaired) electrons. The fraction of sp³-hybridized carbons (Fsp3) is 0.600. The number of hydrogen-bond acceptors (Lipinski definition) is 2. The predicted octanol–water partition coefficient (Wildman–Crippen LogP) is 4.73. The Bertz CT molecular complexity index is 417. The lowest BCUT2D eigenvalue weighted by molar-refractivity contribution is 0.229. The van der Waals surface area contributed by atoms with Crippen LogP contribution < -0.4 is 10.1 Å². The first kappa shape index (κ1) is 13.5. The van der Waals surface area contributed by atoms with E-state index in [1.54, 1.807) is 7.11 Å². The van der Waals surface area contributed by atoms with E-state index in [0.717, 1.165) is 11.4 Å². The second-order valence-electron chi connectivity index (χ2n) is 5.95. The molecule has 0 amide bonds. The second-order valence-corrected chi connectivity index (χ2v) is 6.36. The van der Waals surface area contributed by atoms with Crippen LogP contribution in [0.4, 0.5) is 5.69 Å². The minimum absolute atomic E-state index is 0.451. The Labute approximate surface area is 115 Å². The fourth-order valence-electron chi connectivity index (χ4n) is 2.81. The number of rotatable bonds is 3. The summed E-state index contributed by atoms with van der Waals surface area (Å²) in [5.74, 6) is 0.728. The number of benzene rings is 1. The van der Waals surface area contributed by atoms with Gasteiger partial charge >= 0.3 is 0 Å². The predicted molar refractivity (Wildman–Crippen MR) is 77.7 cm³/mol. The summed E-state index contributed by atoms with van der Waals surface area (Å²) in [5, 5.41) is 4.25. The Morgan fingerprint density at radius 1 is 1.39 bits per heavy atom. The molecule has 1 aromatic rings. The van der Waals surface area contributed by atoms with E-state index in [9.17, 15) is 0 Å². The topological polar surface area (TPSA) is 21.3 Å². The van der Waals surface area contributed by atoms with Crippen LogP contribution in [0.2, 0.25) is 5.02 Å². The third kappa shape index (κ3) is 3.32. The smallest absolute Gasteiger partial charge is 0.137 e. The molecule has 1 unspecified atom stereocenters. The Balaban J connectivity index is 2.03. The van der Waals surface area contributed by atoms with Gasteiger partial charge in [0.05, 0.1) is 12.1 Å². The maximum atomic E-state index is 6.14. The molecule has 3 heteroatoms. The molecule has 0 aromatic heterocycles. The van der Waals surface area contributed by atoms with Gasteiger partial charge in [0.1, 0.15) is 5.75 Å². The summed E-state index contributed by atoms with van der Waals surface area (Å²) in [6, 6.07) is 6.45. The van der Waals surface area contributed by atoms with Crippen LogP contribution >= 0.6 is 11.6 Å². The van der Waals surface area contributed by atoms with Gasteiger partial charge in [0.25, 0.3) is 0 Å². The standard InChI is InChI=1S/C15H22ClNO/c1-15(2)8-4-5-12(10-15)17-11-6-7-14(18-3)13(16)9-11/h6-7,9,12,17H,4-5,8,10H2,1-3H3. The van der Waals surface area contributed by atoms with Gasteiger partial charge in [-0.25, -0.2) is 0 Å². The third-order valence-electron chi connectivity index (χ3n) is 3.73. The van der Waals surface area contributed by atoms with Crippen molar-refractivity contribution in [3.05, 3.63) is 23.2 Å². The molecule has 1 aliphatic carbocycles. The second kappa shape index (κ2) is 5.40. The molecule has 100 valence electrons. The lowest BCUT2D eigenvalue weighted by Gasteiger charge is -2.36. The summed E-state index contributed by atoms with van der Waals surface area (Å²) >= 11 is 6.14. The van der Waals surface area contributed by atoms with Crippen molar-refractivity contribution < 1.29 is 4.74 Å². The van der Waals surface area contributed by atoms with Crippen molar-refractivity contribution in [3.63, 3.8) is 0 Å². The van der Waals surface area contributed by atoms with Gasteiger partial charge in [0.2, 0.25) is 0 Å². The number of methoxy groups -OCH3 is 1. The van der Waals surface area contributed by atoms with Crippen molar-refractivity contribution in [1.82, 2.24) is 0 Å². The molecular weight excluding hydrogens is 246 g/mol. The SMILES string of the molecule is COc1ccc(NC2CCCC(C)(C)C2)cc1Cl. The van der Waals surface area contributed by atoms with Gasteiger partial charge in [-0.1, -0.05) is 31.9 Å². The Morgan fingerprint density at radius 2 is 2.17 bits per heavy atom. The number of nitrogens with one attached hydrogen (secondary N) is 1. The molecule has 0 aliphatic heterocycles. The van der Waals surface area contributed by atoms with Gasteiger partial charge < -0.3 is 10.1 Å². The summed E-state index contributed by atoms with van der Waals surface area (Å²) < 4.78 is 5.16. The van der Waals surface area contributed by atoms with Crippen molar-refractivity contribution in [2.75, 3.05) is 12.4 Å². The van der Waals surface area contributed by atoms with Crippen LogP contribution in [0.15, 0.2) is 18.2 Å². The summed E-state index contributed by atoms with van der Waals surface area (Å²) in [6.07, 6.45) is 5.09. The number of hydrogen-bond donors (Lipinski definition) is 1. The van der Waals surface area contributed by atoms with Crippen LogP contribution in [0.25, 0.3) is 0 Å². The number of ether oxygens (including phenoxy) is 1. The minimum atomic E-state index is 0.451. The number of anilines is 1.